The Morgan fingerprint density at radius 1 is 0.953 bits per heavy atom. The summed E-state index contributed by atoms with van der Waals surface area (Å²) in [5.74, 6) is -0.560. The van der Waals surface area contributed by atoms with Crippen molar-refractivity contribution in [1.29, 1.82) is 0 Å². The molecule has 3 aromatic carbocycles. The summed E-state index contributed by atoms with van der Waals surface area (Å²) in [6, 6.07) is 21.1. The van der Waals surface area contributed by atoms with Gasteiger partial charge >= 0.3 is 12.0 Å². The minimum Gasteiger partial charge on any atom is -0.480 e. The molecule has 0 radical (unpaired) electrons. The number of fused-ring (bicyclic) bond motifs is 1. The summed E-state index contributed by atoms with van der Waals surface area (Å²) in [6.45, 7) is 7.98. The zero-order valence-electron chi connectivity index (χ0n) is 24.9. The Morgan fingerprint density at radius 2 is 1.65 bits per heavy atom. The molecule has 4 aromatic rings. The van der Waals surface area contributed by atoms with Gasteiger partial charge in [-0.05, 0) is 73.2 Å². The van der Waals surface area contributed by atoms with Crippen LogP contribution < -0.4 is 15.4 Å². The van der Waals surface area contributed by atoms with Crippen LogP contribution in [0.25, 0.3) is 11.0 Å². The Labute approximate surface area is 252 Å². The number of amides is 2. The molecule has 10 heteroatoms. The highest BCUT2D eigenvalue weighted by Crippen LogP contribution is 2.33. The number of para-hydroxylation sites is 1. The molecule has 0 bridgehead atoms. The van der Waals surface area contributed by atoms with Gasteiger partial charge in [-0.15, -0.1) is 0 Å². The van der Waals surface area contributed by atoms with Crippen molar-refractivity contribution < 1.29 is 27.5 Å². The van der Waals surface area contributed by atoms with Gasteiger partial charge in [0.25, 0.3) is 0 Å². The monoisotopic (exact) mass is 605 g/mol. The topological polar surface area (TPSA) is 138 Å². The molecule has 0 aliphatic heterocycles. The number of carbonyl (C=O) groups excluding carboxylic acids is 1. The van der Waals surface area contributed by atoms with Gasteiger partial charge in [0.15, 0.2) is 0 Å². The molecule has 0 aliphatic carbocycles. The van der Waals surface area contributed by atoms with Gasteiger partial charge in [0.1, 0.15) is 17.4 Å². The van der Waals surface area contributed by atoms with Crippen LogP contribution in [0.5, 0.6) is 0 Å². The molecule has 4 N–H and O–H groups in total. The summed E-state index contributed by atoms with van der Waals surface area (Å²) >= 11 is 0. The van der Waals surface area contributed by atoms with E-state index in [0.29, 0.717) is 36.1 Å². The number of unbranched alkanes of at least 4 members (excludes halogenated alkanes) is 1. The summed E-state index contributed by atoms with van der Waals surface area (Å²) in [7, 11) is -3.70. The van der Waals surface area contributed by atoms with Gasteiger partial charge < -0.3 is 20.2 Å². The Balaban J connectivity index is 1.41. The van der Waals surface area contributed by atoms with Crippen molar-refractivity contribution in [2.24, 2.45) is 0 Å². The first-order valence-electron chi connectivity index (χ1n) is 14.3. The molecular weight excluding hydrogens is 566 g/mol. The molecule has 4 rings (SSSR count). The number of nitrogens with one attached hydrogen (secondary N) is 3. The molecule has 0 spiro atoms. The van der Waals surface area contributed by atoms with Crippen LogP contribution in [0.4, 0.5) is 16.2 Å². The van der Waals surface area contributed by atoms with Gasteiger partial charge in [-0.2, -0.15) is 0 Å². The maximum absolute atomic E-state index is 12.4. The van der Waals surface area contributed by atoms with E-state index in [-0.39, 0.29) is 23.6 Å². The maximum Gasteiger partial charge on any atom is 0.323 e. The van der Waals surface area contributed by atoms with Gasteiger partial charge in [-0.1, -0.05) is 69.7 Å². The van der Waals surface area contributed by atoms with E-state index in [2.05, 4.69) is 29.2 Å². The van der Waals surface area contributed by atoms with Gasteiger partial charge in [0, 0.05) is 22.2 Å². The van der Waals surface area contributed by atoms with Crippen molar-refractivity contribution in [3.8, 4) is 0 Å². The summed E-state index contributed by atoms with van der Waals surface area (Å²) in [4.78, 5) is 24.3. The van der Waals surface area contributed by atoms with Crippen LogP contribution in [-0.4, -0.2) is 37.3 Å². The highest BCUT2D eigenvalue weighted by molar-refractivity contribution is 7.89. The average Bonchev–Trinajstić information content (AvgIpc) is 3.38. The molecular formula is C33H39N3O6S. The zero-order valence-corrected chi connectivity index (χ0v) is 25.8. The molecule has 0 aliphatic rings. The molecule has 2 amide bonds. The highest BCUT2D eigenvalue weighted by atomic mass is 32.2. The molecule has 1 heterocycles. The van der Waals surface area contributed by atoms with Crippen LogP contribution in [0.3, 0.4) is 0 Å². The number of hydrogen-bond acceptors (Lipinski definition) is 5. The van der Waals surface area contributed by atoms with Crippen LogP contribution in [0, 0.1) is 6.92 Å². The third-order valence-electron chi connectivity index (χ3n) is 7.33. The lowest BCUT2D eigenvalue weighted by Crippen LogP contribution is -2.43. The molecule has 228 valence electrons. The number of carboxylic acids is 1. The predicted octanol–water partition coefficient (Wildman–Crippen LogP) is 6.62. The van der Waals surface area contributed by atoms with Crippen molar-refractivity contribution in [1.82, 2.24) is 4.72 Å². The molecule has 0 saturated carbocycles. The average molecular weight is 606 g/mol. The van der Waals surface area contributed by atoms with E-state index in [1.165, 1.54) is 0 Å². The molecule has 43 heavy (non-hydrogen) atoms. The molecule has 0 saturated heterocycles. The Morgan fingerprint density at radius 3 is 2.33 bits per heavy atom. The van der Waals surface area contributed by atoms with E-state index < -0.39 is 22.0 Å². The number of carbonyl (C=O) groups is 2. The molecule has 0 unspecified atom stereocenters. The van der Waals surface area contributed by atoms with Gasteiger partial charge in [0.05, 0.1) is 5.75 Å². The van der Waals surface area contributed by atoms with Gasteiger partial charge in [-0.25, -0.2) is 17.9 Å². The third kappa shape index (κ3) is 8.68. The number of hydrogen-bond donors (Lipinski definition) is 4. The SMILES string of the molecule is CCCCS(=O)(=O)N[C@@H](Cc1ccc2cc(C(C)(C)Cc3ccc(NC(=O)Nc4ccccc4C)cc3)oc2c1)C(=O)O. The van der Waals surface area contributed by atoms with Gasteiger partial charge in [-0.3, -0.25) is 4.79 Å². The fraction of sp³-hybridized carbons (Fsp3) is 0.333. The molecule has 1 aromatic heterocycles. The van der Waals surface area contributed by atoms with E-state index in [1.54, 1.807) is 12.1 Å². The second kappa shape index (κ2) is 13.4. The van der Waals surface area contributed by atoms with Crippen molar-refractivity contribution in [2.45, 2.75) is 64.8 Å². The van der Waals surface area contributed by atoms with Crippen LogP contribution in [0.1, 0.15) is 56.1 Å². The van der Waals surface area contributed by atoms with Crippen molar-refractivity contribution >= 4 is 44.4 Å². The minimum atomic E-state index is -3.70. The Bertz CT molecular complexity index is 1690. The number of carboxylic acid groups (broad SMARTS) is 1. The Hall–Kier alpha value is -4.15. The first kappa shape index (κ1) is 31.8. The van der Waals surface area contributed by atoms with E-state index in [1.807, 2.05) is 74.5 Å². The maximum atomic E-state index is 12.4. The number of benzene rings is 3. The largest absolute Gasteiger partial charge is 0.480 e. The summed E-state index contributed by atoms with van der Waals surface area (Å²) in [5, 5.41) is 16.2. The fourth-order valence-electron chi connectivity index (χ4n) is 4.86. The molecule has 0 fully saturated rings. The van der Waals surface area contributed by atoms with Crippen molar-refractivity contribution in [2.75, 3.05) is 16.4 Å². The van der Waals surface area contributed by atoms with E-state index >= 15 is 0 Å². The van der Waals surface area contributed by atoms with E-state index in [0.717, 1.165) is 28.0 Å². The second-order valence-corrected chi connectivity index (χ2v) is 13.4. The fourth-order valence-corrected chi connectivity index (χ4v) is 6.27. The molecule has 9 nitrogen and oxygen atoms in total. The number of aliphatic carboxylic acids is 1. The highest BCUT2D eigenvalue weighted by Gasteiger charge is 2.27. The van der Waals surface area contributed by atoms with Gasteiger partial charge in [0.2, 0.25) is 10.0 Å². The van der Waals surface area contributed by atoms with Crippen LogP contribution in [0.2, 0.25) is 0 Å². The van der Waals surface area contributed by atoms with E-state index in [4.69, 9.17) is 4.42 Å². The second-order valence-electron chi connectivity index (χ2n) is 11.5. The summed E-state index contributed by atoms with van der Waals surface area (Å²) in [5.41, 5.74) is 4.38. The summed E-state index contributed by atoms with van der Waals surface area (Å²) in [6.07, 6.45) is 1.84. The summed E-state index contributed by atoms with van der Waals surface area (Å²) < 4.78 is 33.2. The third-order valence-corrected chi connectivity index (χ3v) is 8.80. The lowest BCUT2D eigenvalue weighted by molar-refractivity contribution is -0.138. The number of anilines is 2. The zero-order chi connectivity index (χ0) is 31.2. The smallest absolute Gasteiger partial charge is 0.323 e. The normalized spacial score (nSPS) is 12.7. The van der Waals surface area contributed by atoms with E-state index in [9.17, 15) is 23.1 Å². The van der Waals surface area contributed by atoms with Crippen LogP contribution in [-0.2, 0) is 33.1 Å². The quantitative estimate of drug-likeness (QED) is 0.135. The number of sulfonamides is 1. The lowest BCUT2D eigenvalue weighted by Gasteiger charge is -2.22. The van der Waals surface area contributed by atoms with Crippen LogP contribution in [0.15, 0.2) is 77.2 Å². The van der Waals surface area contributed by atoms with Crippen molar-refractivity contribution in [3.05, 3.63) is 95.2 Å². The first-order chi connectivity index (χ1) is 20.3. The number of urea groups is 1. The first-order valence-corrected chi connectivity index (χ1v) is 16.0. The standard InChI is InChI=1S/C33H39N3O6S/c1-5-6-17-43(40,41)36-28(31(37)38)18-24-11-14-25-20-30(42-29(25)19-24)33(3,4)21-23-12-15-26(16-13-23)34-32(39)35-27-10-8-7-9-22(27)2/h7-16,19-20,28,36H,5-6,17-18,21H2,1-4H3,(H,37,38)(H2,34,35,39)/t28-/m0/s1. The number of rotatable bonds is 13. The van der Waals surface area contributed by atoms with Crippen LogP contribution >= 0.6 is 0 Å². The number of furan rings is 1. The lowest BCUT2D eigenvalue weighted by atomic mass is 9.83. The molecule has 1 atom stereocenters. The number of aryl methyl sites for hydroxylation is 1. The predicted molar refractivity (Wildman–Crippen MR) is 170 cm³/mol. The minimum absolute atomic E-state index is 0.000578. The van der Waals surface area contributed by atoms with Crippen molar-refractivity contribution in [3.63, 3.8) is 0 Å². The Kier molecular flexibility index (Phi) is 9.93.